The normalized spacial score (nSPS) is 11.4. The van der Waals surface area contributed by atoms with E-state index in [4.69, 9.17) is 0 Å². The Morgan fingerprint density at radius 1 is 0.889 bits per heavy atom. The zero-order valence-corrected chi connectivity index (χ0v) is 16.7. The predicted octanol–water partition coefficient (Wildman–Crippen LogP) is 6.47. The Balaban J connectivity index is 1.76. The van der Waals surface area contributed by atoms with Crippen molar-refractivity contribution in [2.75, 3.05) is 0 Å². The third-order valence-electron chi connectivity index (χ3n) is 4.58. The van der Waals surface area contributed by atoms with Gasteiger partial charge in [0.25, 0.3) is 0 Å². The van der Waals surface area contributed by atoms with E-state index >= 15 is 0 Å². The largest absolute Gasteiger partial charge is 0.289 e. The van der Waals surface area contributed by atoms with Crippen LogP contribution in [0.2, 0.25) is 0 Å². The van der Waals surface area contributed by atoms with Gasteiger partial charge in [0, 0.05) is 25.9 Å². The van der Waals surface area contributed by atoms with Gasteiger partial charge in [-0.2, -0.15) is 0 Å². The highest BCUT2D eigenvalue weighted by Crippen LogP contribution is 2.32. The van der Waals surface area contributed by atoms with Crippen molar-refractivity contribution >= 4 is 48.4 Å². The van der Waals surface area contributed by atoms with E-state index in [2.05, 4.69) is 26.0 Å². The third kappa shape index (κ3) is 3.43. The molecular formula is C23H18O2S2. The van der Waals surface area contributed by atoms with Crippen LogP contribution in [0.4, 0.5) is 0 Å². The van der Waals surface area contributed by atoms with Crippen LogP contribution in [-0.2, 0) is 0 Å². The van der Waals surface area contributed by atoms with E-state index in [9.17, 15) is 9.59 Å². The van der Waals surface area contributed by atoms with Gasteiger partial charge in [0.2, 0.25) is 5.12 Å². The molecule has 1 heterocycles. The molecule has 0 spiro atoms. The van der Waals surface area contributed by atoms with Gasteiger partial charge >= 0.3 is 0 Å². The zero-order chi connectivity index (χ0) is 19.0. The highest BCUT2D eigenvalue weighted by molar-refractivity contribution is 8.14. The SMILES string of the molecule is CC(C)c1ccc(SC(=O)c2cccc3c(=O)c4ccccc4sc23)cc1. The number of carbonyl (C=O) groups excluding carboxylic acids is 1. The first-order chi connectivity index (χ1) is 13.0. The molecule has 134 valence electrons. The summed E-state index contributed by atoms with van der Waals surface area (Å²) in [7, 11) is 0. The molecule has 4 rings (SSSR count). The van der Waals surface area contributed by atoms with Crippen molar-refractivity contribution in [1.82, 2.24) is 0 Å². The van der Waals surface area contributed by atoms with Gasteiger partial charge in [-0.15, -0.1) is 11.3 Å². The van der Waals surface area contributed by atoms with Gasteiger partial charge in [-0.05, 0) is 59.6 Å². The molecule has 0 atom stereocenters. The fourth-order valence-corrected chi connectivity index (χ4v) is 5.08. The van der Waals surface area contributed by atoms with E-state index in [-0.39, 0.29) is 10.5 Å². The minimum absolute atomic E-state index is 0.0136. The molecule has 0 unspecified atom stereocenters. The number of hydrogen-bond acceptors (Lipinski definition) is 4. The van der Waals surface area contributed by atoms with Crippen LogP contribution < -0.4 is 5.43 Å². The van der Waals surface area contributed by atoms with Crippen LogP contribution in [0.25, 0.3) is 20.2 Å². The number of benzene rings is 3. The summed E-state index contributed by atoms with van der Waals surface area (Å²) in [5, 5.41) is 1.28. The van der Waals surface area contributed by atoms with E-state index in [1.54, 1.807) is 12.1 Å². The molecule has 2 nitrogen and oxygen atoms in total. The summed E-state index contributed by atoms with van der Waals surface area (Å²) < 4.78 is 1.67. The summed E-state index contributed by atoms with van der Waals surface area (Å²) in [5.41, 5.74) is 1.83. The molecule has 0 amide bonds. The summed E-state index contributed by atoms with van der Waals surface area (Å²) in [4.78, 5) is 26.7. The topological polar surface area (TPSA) is 34.1 Å². The Morgan fingerprint density at radius 2 is 1.59 bits per heavy atom. The lowest BCUT2D eigenvalue weighted by Crippen LogP contribution is -2.03. The van der Waals surface area contributed by atoms with Gasteiger partial charge in [-0.1, -0.05) is 44.2 Å². The summed E-state index contributed by atoms with van der Waals surface area (Å²) in [6, 6.07) is 21.1. The van der Waals surface area contributed by atoms with E-state index in [0.717, 1.165) is 14.3 Å². The van der Waals surface area contributed by atoms with Crippen molar-refractivity contribution in [2.45, 2.75) is 24.7 Å². The predicted molar refractivity (Wildman–Crippen MR) is 116 cm³/mol. The van der Waals surface area contributed by atoms with Crippen LogP contribution in [0.1, 0.15) is 35.7 Å². The average Bonchev–Trinajstić information content (AvgIpc) is 2.68. The summed E-state index contributed by atoms with van der Waals surface area (Å²) in [6.07, 6.45) is 0. The second-order valence-electron chi connectivity index (χ2n) is 6.72. The fraction of sp³-hybridized carbons (Fsp3) is 0.130. The Bertz CT molecular complexity index is 1200. The molecule has 0 saturated heterocycles. The molecule has 0 aliphatic carbocycles. The minimum Gasteiger partial charge on any atom is -0.289 e. The highest BCUT2D eigenvalue weighted by atomic mass is 32.2. The molecule has 0 aliphatic rings. The number of hydrogen-bond donors (Lipinski definition) is 0. The maximum absolute atomic E-state index is 13.0. The fourth-order valence-electron chi connectivity index (χ4n) is 3.07. The first kappa shape index (κ1) is 18.0. The lowest BCUT2D eigenvalue weighted by Gasteiger charge is -2.08. The van der Waals surface area contributed by atoms with E-state index in [1.807, 2.05) is 42.5 Å². The number of carbonyl (C=O) groups is 1. The van der Waals surface area contributed by atoms with Crippen molar-refractivity contribution in [3.05, 3.63) is 88.1 Å². The van der Waals surface area contributed by atoms with Gasteiger partial charge in [-0.25, -0.2) is 0 Å². The maximum atomic E-state index is 13.0. The van der Waals surface area contributed by atoms with Crippen LogP contribution in [0.15, 0.2) is 76.4 Å². The molecule has 0 N–H and O–H groups in total. The standard InChI is InChI=1S/C23H18O2S2/c1-14(2)15-10-12-16(13-11-15)26-23(25)19-8-5-7-18-21(24)17-6-3-4-9-20(17)27-22(18)19/h3-14H,1-2H3. The molecule has 27 heavy (non-hydrogen) atoms. The lowest BCUT2D eigenvalue weighted by atomic mass is 10.0. The maximum Gasteiger partial charge on any atom is 0.225 e. The Morgan fingerprint density at radius 3 is 2.33 bits per heavy atom. The average molecular weight is 391 g/mol. The Kier molecular flexibility index (Phi) is 4.85. The first-order valence-corrected chi connectivity index (χ1v) is 10.4. The van der Waals surface area contributed by atoms with Crippen molar-refractivity contribution in [3.63, 3.8) is 0 Å². The van der Waals surface area contributed by atoms with Crippen LogP contribution in [0.5, 0.6) is 0 Å². The second kappa shape index (κ2) is 7.29. The first-order valence-electron chi connectivity index (χ1n) is 8.81. The van der Waals surface area contributed by atoms with E-state index < -0.39 is 0 Å². The van der Waals surface area contributed by atoms with Crippen LogP contribution >= 0.6 is 23.1 Å². The summed E-state index contributed by atoms with van der Waals surface area (Å²) in [6.45, 7) is 4.30. The molecule has 1 aromatic heterocycles. The highest BCUT2D eigenvalue weighted by Gasteiger charge is 2.15. The second-order valence-corrected chi connectivity index (χ2v) is 8.82. The molecule has 4 heteroatoms. The van der Waals surface area contributed by atoms with Gasteiger partial charge in [0.05, 0.1) is 4.70 Å². The van der Waals surface area contributed by atoms with Gasteiger partial charge in [0.15, 0.2) is 5.43 Å². The number of rotatable bonds is 3. The van der Waals surface area contributed by atoms with E-state index in [0.29, 0.717) is 22.3 Å². The third-order valence-corrected chi connectivity index (χ3v) is 6.71. The van der Waals surface area contributed by atoms with Crippen molar-refractivity contribution in [3.8, 4) is 0 Å². The van der Waals surface area contributed by atoms with Gasteiger partial charge < -0.3 is 0 Å². The molecule has 3 aromatic carbocycles. The molecular weight excluding hydrogens is 372 g/mol. The van der Waals surface area contributed by atoms with Gasteiger partial charge in [-0.3, -0.25) is 9.59 Å². The summed E-state index contributed by atoms with van der Waals surface area (Å²) in [5.74, 6) is 0.461. The lowest BCUT2D eigenvalue weighted by molar-refractivity contribution is 0.109. The monoisotopic (exact) mass is 390 g/mol. The van der Waals surface area contributed by atoms with Crippen molar-refractivity contribution in [2.24, 2.45) is 0 Å². The molecule has 0 bridgehead atoms. The molecule has 4 aromatic rings. The number of fused-ring (bicyclic) bond motifs is 2. The van der Waals surface area contributed by atoms with Crippen LogP contribution in [0, 0.1) is 0 Å². The molecule has 0 radical (unpaired) electrons. The Hall–Kier alpha value is -2.43. The van der Waals surface area contributed by atoms with Crippen LogP contribution in [-0.4, -0.2) is 5.12 Å². The minimum atomic E-state index is -0.0381. The van der Waals surface area contributed by atoms with Crippen LogP contribution in [0.3, 0.4) is 0 Å². The van der Waals surface area contributed by atoms with Gasteiger partial charge in [0.1, 0.15) is 0 Å². The number of thioether (sulfide) groups is 1. The quantitative estimate of drug-likeness (QED) is 0.297. The van der Waals surface area contributed by atoms with E-state index in [1.165, 1.54) is 28.7 Å². The molecule has 0 fully saturated rings. The van der Waals surface area contributed by atoms with Crippen molar-refractivity contribution in [1.29, 1.82) is 0 Å². The molecule has 0 saturated carbocycles. The Labute approximate surface area is 165 Å². The molecule has 0 aliphatic heterocycles. The zero-order valence-electron chi connectivity index (χ0n) is 15.1. The smallest absolute Gasteiger partial charge is 0.225 e. The summed E-state index contributed by atoms with van der Waals surface area (Å²) >= 11 is 2.71. The van der Waals surface area contributed by atoms with Crippen molar-refractivity contribution < 1.29 is 4.79 Å².